The van der Waals surface area contributed by atoms with Crippen molar-refractivity contribution < 1.29 is 9.21 Å². The van der Waals surface area contributed by atoms with Crippen LogP contribution in [0.2, 0.25) is 0 Å². The third-order valence-electron chi connectivity index (χ3n) is 3.63. The van der Waals surface area contributed by atoms with Gasteiger partial charge in [0.05, 0.1) is 12.8 Å². The average Bonchev–Trinajstić information content (AvgIpc) is 2.92. The van der Waals surface area contributed by atoms with E-state index in [1.165, 1.54) is 0 Å². The van der Waals surface area contributed by atoms with Gasteiger partial charge in [-0.05, 0) is 35.6 Å². The van der Waals surface area contributed by atoms with Gasteiger partial charge in [0.2, 0.25) is 0 Å². The number of benzene rings is 1. The molecule has 0 aliphatic carbocycles. The lowest BCUT2D eigenvalue weighted by molar-refractivity contribution is 0.216. The van der Waals surface area contributed by atoms with Gasteiger partial charge in [0.1, 0.15) is 5.76 Å². The number of furan rings is 1. The molecule has 0 unspecified atom stereocenters. The highest BCUT2D eigenvalue weighted by Crippen LogP contribution is 2.32. The zero-order valence-electron chi connectivity index (χ0n) is 13.9. The Hall–Kier alpha value is -2.23. The van der Waals surface area contributed by atoms with Gasteiger partial charge in [-0.1, -0.05) is 39.0 Å². The number of nitrogens with one attached hydrogen (secondary N) is 1. The molecule has 4 nitrogen and oxygen atoms in total. The third-order valence-corrected chi connectivity index (χ3v) is 3.63. The summed E-state index contributed by atoms with van der Waals surface area (Å²) in [6.07, 6.45) is 1.61. The van der Waals surface area contributed by atoms with E-state index in [9.17, 15) is 4.79 Å². The van der Waals surface area contributed by atoms with E-state index in [1.54, 1.807) is 18.2 Å². The molecule has 0 atom stereocenters. The van der Waals surface area contributed by atoms with Crippen molar-refractivity contribution in [2.24, 2.45) is 0 Å². The maximum absolute atomic E-state index is 12.4. The predicted molar refractivity (Wildman–Crippen MR) is 89.1 cm³/mol. The van der Waals surface area contributed by atoms with E-state index in [0.717, 1.165) is 22.6 Å². The summed E-state index contributed by atoms with van der Waals surface area (Å²) in [4.78, 5) is 14.1. The molecule has 0 fully saturated rings. The molecule has 2 rings (SSSR count). The van der Waals surface area contributed by atoms with Crippen LogP contribution in [0.3, 0.4) is 0 Å². The lowest BCUT2D eigenvalue weighted by Gasteiger charge is -2.26. The molecule has 118 valence electrons. The van der Waals surface area contributed by atoms with Crippen molar-refractivity contribution in [1.29, 1.82) is 0 Å². The normalized spacial score (nSPS) is 11.3. The Labute approximate surface area is 132 Å². The summed E-state index contributed by atoms with van der Waals surface area (Å²) in [6.45, 7) is 8.88. The van der Waals surface area contributed by atoms with Crippen molar-refractivity contribution in [3.05, 3.63) is 53.5 Å². The highest BCUT2D eigenvalue weighted by Gasteiger charge is 2.21. The van der Waals surface area contributed by atoms with Gasteiger partial charge in [-0.15, -0.1) is 0 Å². The van der Waals surface area contributed by atoms with Gasteiger partial charge in [-0.2, -0.15) is 0 Å². The molecule has 1 aromatic heterocycles. The van der Waals surface area contributed by atoms with E-state index < -0.39 is 0 Å². The van der Waals surface area contributed by atoms with E-state index >= 15 is 0 Å². The summed E-state index contributed by atoms with van der Waals surface area (Å²) in [6, 6.07) is 9.64. The van der Waals surface area contributed by atoms with E-state index in [-0.39, 0.29) is 11.4 Å². The number of nitrogens with zero attached hydrogens (tertiary/aromatic N) is 1. The lowest BCUT2D eigenvalue weighted by atomic mass is 9.84. The van der Waals surface area contributed by atoms with Crippen molar-refractivity contribution in [3.8, 4) is 0 Å². The molecule has 1 aromatic carbocycles. The standard InChI is InChI=1S/C18H24N2O2/c1-13-8-6-10-15(18(2,3)4)16(13)19-17(21)20(5)12-14-9-7-11-22-14/h6-11H,12H2,1-5H3,(H,19,21). The molecule has 0 aliphatic heterocycles. The second kappa shape index (κ2) is 6.26. The maximum atomic E-state index is 12.4. The lowest BCUT2D eigenvalue weighted by Crippen LogP contribution is -2.32. The number of anilines is 1. The molecule has 2 aromatic rings. The number of rotatable bonds is 3. The maximum Gasteiger partial charge on any atom is 0.322 e. The van der Waals surface area contributed by atoms with Gasteiger partial charge in [-0.3, -0.25) is 0 Å². The van der Waals surface area contributed by atoms with Crippen LogP contribution >= 0.6 is 0 Å². The van der Waals surface area contributed by atoms with Crippen molar-refractivity contribution >= 4 is 11.7 Å². The highest BCUT2D eigenvalue weighted by molar-refractivity contribution is 5.91. The fourth-order valence-corrected chi connectivity index (χ4v) is 2.37. The largest absolute Gasteiger partial charge is 0.467 e. The second-order valence-electron chi connectivity index (χ2n) is 6.61. The first-order chi connectivity index (χ1) is 10.3. The van der Waals surface area contributed by atoms with Gasteiger partial charge in [-0.25, -0.2) is 4.79 Å². The van der Waals surface area contributed by atoms with E-state index in [1.807, 2.05) is 31.2 Å². The molecule has 0 saturated carbocycles. The molecular formula is C18H24N2O2. The molecule has 2 amide bonds. The zero-order chi connectivity index (χ0) is 16.3. The Kier molecular flexibility index (Phi) is 4.59. The van der Waals surface area contributed by atoms with Gasteiger partial charge in [0.25, 0.3) is 0 Å². The van der Waals surface area contributed by atoms with E-state index in [0.29, 0.717) is 6.54 Å². The van der Waals surface area contributed by atoms with Crippen LogP contribution in [0.15, 0.2) is 41.0 Å². The minimum absolute atomic E-state index is 0.0335. The number of carbonyl (C=O) groups is 1. The smallest absolute Gasteiger partial charge is 0.322 e. The van der Waals surface area contributed by atoms with Gasteiger partial charge >= 0.3 is 6.03 Å². The van der Waals surface area contributed by atoms with Gasteiger partial charge in [0, 0.05) is 12.7 Å². The van der Waals surface area contributed by atoms with Crippen molar-refractivity contribution in [3.63, 3.8) is 0 Å². The van der Waals surface area contributed by atoms with Crippen LogP contribution in [0.4, 0.5) is 10.5 Å². The summed E-state index contributed by atoms with van der Waals surface area (Å²) in [7, 11) is 1.76. The highest BCUT2D eigenvalue weighted by atomic mass is 16.3. The van der Waals surface area contributed by atoms with Crippen molar-refractivity contribution in [2.75, 3.05) is 12.4 Å². The third kappa shape index (κ3) is 3.70. The number of amides is 2. The molecule has 1 N–H and O–H groups in total. The first-order valence-electron chi connectivity index (χ1n) is 7.43. The quantitative estimate of drug-likeness (QED) is 0.904. The van der Waals surface area contributed by atoms with E-state index in [2.05, 4.69) is 32.2 Å². The first kappa shape index (κ1) is 16.1. The summed E-state index contributed by atoms with van der Waals surface area (Å²) < 4.78 is 5.28. The molecule has 0 saturated heterocycles. The molecule has 0 bridgehead atoms. The molecule has 0 aliphatic rings. The van der Waals surface area contributed by atoms with Gasteiger partial charge in [0.15, 0.2) is 0 Å². The van der Waals surface area contributed by atoms with Crippen LogP contribution < -0.4 is 5.32 Å². The number of carbonyl (C=O) groups excluding carboxylic acids is 1. The van der Waals surface area contributed by atoms with Crippen LogP contribution in [0.1, 0.15) is 37.7 Å². The number of hydrogen-bond donors (Lipinski definition) is 1. The zero-order valence-corrected chi connectivity index (χ0v) is 13.9. The molecule has 0 spiro atoms. The summed E-state index contributed by atoms with van der Waals surface area (Å²) in [5, 5.41) is 3.04. The fraction of sp³-hybridized carbons (Fsp3) is 0.389. The van der Waals surface area contributed by atoms with Crippen LogP contribution in [0.5, 0.6) is 0 Å². The van der Waals surface area contributed by atoms with Crippen molar-refractivity contribution in [2.45, 2.75) is 39.7 Å². The van der Waals surface area contributed by atoms with Crippen molar-refractivity contribution in [1.82, 2.24) is 4.90 Å². The topological polar surface area (TPSA) is 45.5 Å². The minimum Gasteiger partial charge on any atom is -0.467 e. The number of aryl methyl sites for hydroxylation is 1. The minimum atomic E-state index is -0.142. The molecule has 4 heteroatoms. The molecule has 22 heavy (non-hydrogen) atoms. The fourth-order valence-electron chi connectivity index (χ4n) is 2.37. The Morgan fingerprint density at radius 2 is 1.95 bits per heavy atom. The summed E-state index contributed by atoms with van der Waals surface area (Å²) >= 11 is 0. The molecular weight excluding hydrogens is 276 g/mol. The van der Waals surface area contributed by atoms with E-state index in [4.69, 9.17) is 4.42 Å². The number of para-hydroxylation sites is 1. The SMILES string of the molecule is Cc1cccc(C(C)(C)C)c1NC(=O)N(C)Cc1ccco1. The van der Waals surface area contributed by atoms with Crippen LogP contribution in [0.25, 0.3) is 0 Å². The summed E-state index contributed by atoms with van der Waals surface area (Å²) in [5.74, 6) is 0.762. The average molecular weight is 300 g/mol. The van der Waals surface area contributed by atoms with Crippen LogP contribution in [-0.4, -0.2) is 18.0 Å². The predicted octanol–water partition coefficient (Wildman–Crippen LogP) is 4.55. The molecule has 0 radical (unpaired) electrons. The van der Waals surface area contributed by atoms with Gasteiger partial charge < -0.3 is 14.6 Å². The van der Waals surface area contributed by atoms with Crippen LogP contribution in [-0.2, 0) is 12.0 Å². The Morgan fingerprint density at radius 3 is 2.55 bits per heavy atom. The Bertz CT molecular complexity index is 640. The second-order valence-corrected chi connectivity index (χ2v) is 6.61. The number of urea groups is 1. The Balaban J connectivity index is 2.18. The first-order valence-corrected chi connectivity index (χ1v) is 7.43. The Morgan fingerprint density at radius 1 is 1.23 bits per heavy atom. The van der Waals surface area contributed by atoms with Crippen LogP contribution in [0, 0.1) is 6.92 Å². The summed E-state index contributed by atoms with van der Waals surface area (Å²) in [5.41, 5.74) is 3.06. The molecule has 1 heterocycles. The monoisotopic (exact) mass is 300 g/mol. The number of hydrogen-bond acceptors (Lipinski definition) is 2.